The molecule has 47 heavy (non-hydrogen) atoms. The minimum atomic E-state index is 0.404. The Morgan fingerprint density at radius 3 is 1.09 bits per heavy atom. The monoisotopic (exact) mass is 786 g/mol. The number of aryl methyl sites for hydroxylation is 2. The predicted octanol–water partition coefficient (Wildman–Crippen LogP) is 13.8. The van der Waals surface area contributed by atoms with Crippen LogP contribution in [0.4, 0.5) is 0 Å². The number of rotatable bonds is 26. The number of hydrogen-bond acceptors (Lipinski definition) is 3. The molecule has 0 N–H and O–H groups in total. The summed E-state index contributed by atoms with van der Waals surface area (Å²) in [6, 6.07) is 9.80. The van der Waals surface area contributed by atoms with Crippen LogP contribution in [0.2, 0.25) is 0 Å². The van der Waals surface area contributed by atoms with E-state index in [4.69, 9.17) is 9.97 Å². The van der Waals surface area contributed by atoms with Gasteiger partial charge < -0.3 is 0 Å². The van der Waals surface area contributed by atoms with E-state index in [0.29, 0.717) is 29.0 Å². The van der Waals surface area contributed by atoms with Crippen molar-refractivity contribution in [2.24, 2.45) is 0 Å². The molecule has 0 saturated heterocycles. The molecule has 0 atom stereocenters. The number of thiophene rings is 1. The van der Waals surface area contributed by atoms with E-state index in [1.54, 1.807) is 0 Å². The average Bonchev–Trinajstić information content (AvgIpc) is 3.77. The second kappa shape index (κ2) is 21.3. The maximum atomic E-state index is 5.14. The van der Waals surface area contributed by atoms with Gasteiger partial charge in [0.25, 0.3) is 0 Å². The van der Waals surface area contributed by atoms with Crippen molar-refractivity contribution in [2.75, 3.05) is 0 Å². The molecule has 5 aromatic rings. The van der Waals surface area contributed by atoms with Crippen LogP contribution < -0.4 is 0 Å². The minimum absolute atomic E-state index is 0.404. The molecule has 258 valence electrons. The molecule has 0 radical (unpaired) electrons. The van der Waals surface area contributed by atoms with Gasteiger partial charge >= 0.3 is 265 Å². The number of benzene rings is 2. The van der Waals surface area contributed by atoms with E-state index in [9.17, 15) is 0 Å². The molecule has 2 nitrogen and oxygen atoms in total. The zero-order valence-electron chi connectivity index (χ0n) is 29.8. The summed E-state index contributed by atoms with van der Waals surface area (Å²) in [5.74, 6) is 0. The summed E-state index contributed by atoms with van der Waals surface area (Å²) in [7, 11) is 0. The standard InChI is InChI=1S/C42H62N2SSe2/c1-3-5-7-9-11-13-15-17-19-21-23-25-27-41-43-35-31-37-33(29-39(35)46-41)34-30-40-36(32-38(34)45-37)44-42(47-40)28-26-24-22-20-18-16-14-12-10-8-6-4-2/h29-32H,3-28H2,1-2H3. The molecule has 2 aromatic carbocycles. The fourth-order valence-corrected chi connectivity index (χ4v) is 12.6. The van der Waals surface area contributed by atoms with Crippen molar-refractivity contribution >= 4 is 80.1 Å². The maximum absolute atomic E-state index is 5.14. The fraction of sp³-hybridized carbons (Fsp3) is 0.667. The molecule has 5 heteroatoms. The van der Waals surface area contributed by atoms with Crippen LogP contribution >= 0.6 is 11.3 Å². The van der Waals surface area contributed by atoms with Gasteiger partial charge in [-0.3, -0.25) is 0 Å². The molecule has 0 aliphatic heterocycles. The Labute approximate surface area is 302 Å². The van der Waals surface area contributed by atoms with Crippen LogP contribution in [0.15, 0.2) is 24.3 Å². The Kier molecular flexibility index (Phi) is 16.9. The third kappa shape index (κ3) is 12.1. The molecule has 0 spiro atoms. The summed E-state index contributed by atoms with van der Waals surface area (Å²) in [4.78, 5) is 10.3. The summed E-state index contributed by atoms with van der Waals surface area (Å²) in [6.07, 6.45) is 36.4. The van der Waals surface area contributed by atoms with Gasteiger partial charge in [0.15, 0.2) is 0 Å². The molecule has 3 heterocycles. The predicted molar refractivity (Wildman–Crippen MR) is 213 cm³/mol. The normalized spacial score (nSPS) is 12.1. The van der Waals surface area contributed by atoms with Gasteiger partial charge in [-0.05, 0) is 0 Å². The molecule has 0 fully saturated rings. The number of nitrogens with zero attached hydrogens (tertiary/aromatic N) is 2. The molecule has 0 saturated carbocycles. The molecule has 0 amide bonds. The van der Waals surface area contributed by atoms with Gasteiger partial charge in [-0.15, -0.1) is 0 Å². The van der Waals surface area contributed by atoms with Crippen LogP contribution in [0.1, 0.15) is 177 Å². The van der Waals surface area contributed by atoms with Crippen molar-refractivity contribution in [3.05, 3.63) is 33.4 Å². The Hall–Kier alpha value is -0.961. The van der Waals surface area contributed by atoms with Gasteiger partial charge in [0.1, 0.15) is 0 Å². The van der Waals surface area contributed by atoms with Crippen LogP contribution in [-0.4, -0.2) is 39.0 Å². The Morgan fingerprint density at radius 2 is 0.745 bits per heavy atom. The van der Waals surface area contributed by atoms with Gasteiger partial charge in [-0.2, -0.15) is 0 Å². The van der Waals surface area contributed by atoms with Crippen molar-refractivity contribution in [1.82, 2.24) is 9.97 Å². The average molecular weight is 785 g/mol. The number of unbranched alkanes of at least 4 members (excludes halogenated alkanes) is 22. The van der Waals surface area contributed by atoms with Gasteiger partial charge in [0, 0.05) is 0 Å². The van der Waals surface area contributed by atoms with E-state index < -0.39 is 0 Å². The van der Waals surface area contributed by atoms with Crippen LogP contribution in [0, 0.1) is 0 Å². The van der Waals surface area contributed by atoms with Crippen molar-refractivity contribution < 1.29 is 0 Å². The first-order valence-electron chi connectivity index (χ1n) is 19.8. The SMILES string of the molecule is CCCCCCCCCCCCCCc1nc2cc3sc4cc5nc(CCCCCCCCCCCCCC)[se]c5cc4c3cc2[se]1. The topological polar surface area (TPSA) is 25.8 Å². The summed E-state index contributed by atoms with van der Waals surface area (Å²) in [6.45, 7) is 4.61. The first kappa shape index (κ1) is 37.3. The van der Waals surface area contributed by atoms with Crippen LogP contribution in [0.25, 0.3) is 39.7 Å². The molecular formula is C42H62N2SSe2. The van der Waals surface area contributed by atoms with Gasteiger partial charge in [0.2, 0.25) is 0 Å². The van der Waals surface area contributed by atoms with E-state index in [0.717, 1.165) is 0 Å². The van der Waals surface area contributed by atoms with Crippen molar-refractivity contribution in [3.63, 3.8) is 0 Å². The summed E-state index contributed by atoms with van der Waals surface area (Å²) >= 11 is 2.75. The summed E-state index contributed by atoms with van der Waals surface area (Å²) in [5, 5.41) is 2.92. The molecule has 5 rings (SSSR count). The quantitative estimate of drug-likeness (QED) is 0.0412. The third-order valence-electron chi connectivity index (χ3n) is 10.1. The molecule has 0 aliphatic carbocycles. The second-order valence-corrected chi connectivity index (χ2v) is 20.0. The van der Waals surface area contributed by atoms with Crippen LogP contribution in [-0.2, 0) is 12.8 Å². The van der Waals surface area contributed by atoms with E-state index >= 15 is 0 Å². The number of aromatic nitrogens is 2. The van der Waals surface area contributed by atoms with Crippen molar-refractivity contribution in [2.45, 2.75) is 181 Å². The van der Waals surface area contributed by atoms with Crippen molar-refractivity contribution in [1.29, 1.82) is 0 Å². The van der Waals surface area contributed by atoms with Crippen LogP contribution in [0.3, 0.4) is 0 Å². The Bertz CT molecular complexity index is 1480. The van der Waals surface area contributed by atoms with Gasteiger partial charge in [0.05, 0.1) is 0 Å². The van der Waals surface area contributed by atoms with E-state index in [1.807, 2.05) is 11.3 Å². The molecule has 0 aliphatic rings. The Balaban J connectivity index is 1.03. The van der Waals surface area contributed by atoms with Crippen LogP contribution in [0.5, 0.6) is 0 Å². The first-order valence-corrected chi connectivity index (χ1v) is 24.0. The summed E-state index contributed by atoms with van der Waals surface area (Å²) < 4.78 is 8.77. The fourth-order valence-electron chi connectivity index (χ4n) is 7.16. The molecule has 3 aromatic heterocycles. The Morgan fingerprint density at radius 1 is 0.426 bits per heavy atom. The zero-order chi connectivity index (χ0) is 32.5. The first-order chi connectivity index (χ1) is 23.2. The second-order valence-electron chi connectivity index (χ2n) is 14.2. The number of fused-ring (bicyclic) bond motifs is 5. The van der Waals surface area contributed by atoms with E-state index in [2.05, 4.69) is 38.1 Å². The molecular weight excluding hydrogens is 722 g/mol. The van der Waals surface area contributed by atoms with Crippen molar-refractivity contribution in [3.8, 4) is 0 Å². The third-order valence-corrected chi connectivity index (χ3v) is 15.7. The van der Waals surface area contributed by atoms with Gasteiger partial charge in [-0.1, -0.05) is 39.5 Å². The summed E-state index contributed by atoms with van der Waals surface area (Å²) in [5.41, 5.74) is 2.52. The zero-order valence-corrected chi connectivity index (χ0v) is 34.1. The van der Waals surface area contributed by atoms with Gasteiger partial charge in [-0.25, -0.2) is 0 Å². The molecule has 0 bridgehead atoms. The van der Waals surface area contributed by atoms with E-state index in [1.165, 1.54) is 216 Å². The number of hydrogen-bond donors (Lipinski definition) is 0. The molecule has 0 unspecified atom stereocenters. The van der Waals surface area contributed by atoms with E-state index in [-0.39, 0.29) is 0 Å².